The van der Waals surface area contributed by atoms with Gasteiger partial charge < -0.3 is 15.0 Å². The fourth-order valence-electron chi connectivity index (χ4n) is 2.93. The summed E-state index contributed by atoms with van der Waals surface area (Å²) in [6, 6.07) is 2.15. The summed E-state index contributed by atoms with van der Waals surface area (Å²) in [5.74, 6) is 0.349. The highest BCUT2D eigenvalue weighted by atomic mass is 79.9. The number of nitrogens with zero attached hydrogens (tertiary/aromatic N) is 1. The molecule has 3 heterocycles. The Morgan fingerprint density at radius 1 is 1.67 bits per heavy atom. The molecule has 0 radical (unpaired) electrons. The van der Waals surface area contributed by atoms with E-state index in [0.29, 0.717) is 19.0 Å². The van der Waals surface area contributed by atoms with Crippen molar-refractivity contribution in [3.63, 3.8) is 0 Å². The number of urea groups is 1. The Hall–Kier alpha value is -0.850. The van der Waals surface area contributed by atoms with E-state index in [1.165, 1.54) is 10.4 Å². The smallest absolute Gasteiger partial charge is 0.317 e. The number of hydrogen-bond donors (Lipinski definition) is 1. The number of fused-ring (bicyclic) bond motifs is 1. The number of carbonyl (C=O) groups is 1. The molecule has 0 unspecified atom stereocenters. The third-order valence-corrected chi connectivity index (χ3v) is 5.88. The second-order valence-electron chi connectivity index (χ2n) is 5.48. The van der Waals surface area contributed by atoms with Crippen LogP contribution in [0.2, 0.25) is 0 Å². The van der Waals surface area contributed by atoms with Crippen molar-refractivity contribution in [3.05, 3.63) is 32.9 Å². The fraction of sp³-hybridized carbons (Fsp3) is 0.533. The van der Waals surface area contributed by atoms with E-state index < -0.39 is 0 Å². The van der Waals surface area contributed by atoms with Crippen LogP contribution in [0, 0.1) is 5.92 Å². The molecule has 0 saturated carbocycles. The molecular formula is C15H19BrN2O2S. The number of halogens is 1. The van der Waals surface area contributed by atoms with Crippen molar-refractivity contribution in [2.75, 3.05) is 19.7 Å². The van der Waals surface area contributed by atoms with Crippen molar-refractivity contribution in [2.24, 2.45) is 5.92 Å². The quantitative estimate of drug-likeness (QED) is 0.830. The minimum Gasteiger partial charge on any atom is -0.374 e. The molecule has 2 aliphatic rings. The van der Waals surface area contributed by atoms with Gasteiger partial charge in [0.05, 0.1) is 9.89 Å². The van der Waals surface area contributed by atoms with Crippen LogP contribution in [0.15, 0.2) is 22.5 Å². The molecule has 1 aromatic rings. The van der Waals surface area contributed by atoms with E-state index in [2.05, 4.69) is 33.9 Å². The number of thiophene rings is 1. The second kappa shape index (κ2) is 6.50. The molecule has 6 heteroatoms. The van der Waals surface area contributed by atoms with Gasteiger partial charge in [0.15, 0.2) is 0 Å². The van der Waals surface area contributed by atoms with Crippen LogP contribution in [-0.2, 0) is 17.7 Å². The lowest BCUT2D eigenvalue weighted by Crippen LogP contribution is -2.44. The van der Waals surface area contributed by atoms with E-state index in [9.17, 15) is 4.79 Å². The Morgan fingerprint density at radius 3 is 3.33 bits per heavy atom. The Bertz CT molecular complexity index is 546. The molecular weight excluding hydrogens is 352 g/mol. The van der Waals surface area contributed by atoms with Crippen molar-refractivity contribution < 1.29 is 9.53 Å². The van der Waals surface area contributed by atoms with Crippen molar-refractivity contribution in [1.82, 2.24) is 10.2 Å². The summed E-state index contributed by atoms with van der Waals surface area (Å²) in [5, 5.41) is 3.05. The largest absolute Gasteiger partial charge is 0.374 e. The summed E-state index contributed by atoms with van der Waals surface area (Å²) < 4.78 is 6.70. The normalized spacial score (nSPS) is 24.7. The second-order valence-corrected chi connectivity index (χ2v) is 7.99. The van der Waals surface area contributed by atoms with Gasteiger partial charge in [0, 0.05) is 37.0 Å². The summed E-state index contributed by atoms with van der Waals surface area (Å²) in [6.07, 6.45) is 3.84. The maximum absolute atomic E-state index is 12.3. The number of hydrogen-bond acceptors (Lipinski definition) is 3. The van der Waals surface area contributed by atoms with Gasteiger partial charge in [-0.25, -0.2) is 4.79 Å². The van der Waals surface area contributed by atoms with E-state index >= 15 is 0 Å². The van der Waals surface area contributed by atoms with E-state index in [-0.39, 0.29) is 12.1 Å². The molecule has 0 spiro atoms. The summed E-state index contributed by atoms with van der Waals surface area (Å²) >= 11 is 5.29. The van der Waals surface area contributed by atoms with Crippen LogP contribution in [0.3, 0.4) is 0 Å². The maximum Gasteiger partial charge on any atom is 0.317 e. The predicted octanol–water partition coefficient (Wildman–Crippen LogP) is 3.17. The molecule has 2 aliphatic heterocycles. The van der Waals surface area contributed by atoms with Gasteiger partial charge in [0.2, 0.25) is 0 Å². The highest BCUT2D eigenvalue weighted by Gasteiger charge is 2.27. The van der Waals surface area contributed by atoms with Crippen LogP contribution in [0.1, 0.15) is 16.9 Å². The maximum atomic E-state index is 12.3. The first-order valence-corrected chi connectivity index (χ1v) is 8.82. The molecule has 2 atom stereocenters. The zero-order valence-corrected chi connectivity index (χ0v) is 14.2. The Balaban J connectivity index is 1.53. The van der Waals surface area contributed by atoms with E-state index in [4.69, 9.17) is 4.74 Å². The average molecular weight is 371 g/mol. The van der Waals surface area contributed by atoms with Crippen LogP contribution in [0.25, 0.3) is 0 Å². The Morgan fingerprint density at radius 2 is 2.52 bits per heavy atom. The minimum atomic E-state index is 0.0256. The van der Waals surface area contributed by atoms with E-state index in [1.54, 1.807) is 11.3 Å². The van der Waals surface area contributed by atoms with Gasteiger partial charge in [-0.2, -0.15) is 0 Å². The zero-order valence-electron chi connectivity index (χ0n) is 11.8. The lowest BCUT2D eigenvalue weighted by atomic mass is 10.0. The van der Waals surface area contributed by atoms with Gasteiger partial charge in [0.25, 0.3) is 0 Å². The predicted molar refractivity (Wildman–Crippen MR) is 87.6 cm³/mol. The highest BCUT2D eigenvalue weighted by molar-refractivity contribution is 9.11. The van der Waals surface area contributed by atoms with Crippen LogP contribution in [-0.4, -0.2) is 36.7 Å². The monoisotopic (exact) mass is 370 g/mol. The molecule has 2 amide bonds. The minimum absolute atomic E-state index is 0.0256. The molecule has 1 fully saturated rings. The first-order valence-electron chi connectivity index (χ1n) is 7.21. The number of carbonyl (C=O) groups excluding carboxylic acids is 1. The summed E-state index contributed by atoms with van der Waals surface area (Å²) in [7, 11) is 0. The van der Waals surface area contributed by atoms with Gasteiger partial charge >= 0.3 is 6.03 Å². The molecule has 114 valence electrons. The molecule has 1 aromatic heterocycles. The summed E-state index contributed by atoms with van der Waals surface area (Å²) in [6.45, 7) is 6.70. The summed E-state index contributed by atoms with van der Waals surface area (Å²) in [4.78, 5) is 15.6. The lowest BCUT2D eigenvalue weighted by molar-refractivity contribution is 0.127. The number of nitrogens with one attached hydrogen (secondary N) is 1. The first-order chi connectivity index (χ1) is 10.2. The average Bonchev–Trinajstić information content (AvgIpc) is 3.08. The van der Waals surface area contributed by atoms with Crippen LogP contribution >= 0.6 is 27.3 Å². The molecule has 1 saturated heterocycles. The van der Waals surface area contributed by atoms with Gasteiger partial charge in [-0.05, 0) is 40.4 Å². The van der Waals surface area contributed by atoms with Gasteiger partial charge in [-0.3, -0.25) is 0 Å². The van der Waals surface area contributed by atoms with Crippen molar-refractivity contribution in [2.45, 2.75) is 25.5 Å². The third-order valence-electron chi connectivity index (χ3n) is 4.14. The molecule has 0 bridgehead atoms. The fourth-order valence-corrected chi connectivity index (χ4v) is 4.68. The molecule has 0 aromatic carbocycles. The topological polar surface area (TPSA) is 41.6 Å². The standard InChI is InChI=1S/C15H19BrN2O2S/c1-2-12-10(4-6-20-12)8-17-15(19)18-5-3-13-11(9-18)7-14(16)21-13/h2,7,10,12H,1,3-6,8-9H2,(H,17,19)/t10-,12-/m0/s1. The van der Waals surface area contributed by atoms with Gasteiger partial charge in [0.1, 0.15) is 0 Å². The van der Waals surface area contributed by atoms with Crippen molar-refractivity contribution >= 4 is 33.3 Å². The van der Waals surface area contributed by atoms with E-state index in [0.717, 1.165) is 29.8 Å². The van der Waals surface area contributed by atoms with Gasteiger partial charge in [-0.15, -0.1) is 17.9 Å². The molecule has 4 nitrogen and oxygen atoms in total. The number of ether oxygens (including phenoxy) is 1. The van der Waals surface area contributed by atoms with Crippen LogP contribution in [0.4, 0.5) is 4.79 Å². The molecule has 0 aliphatic carbocycles. The van der Waals surface area contributed by atoms with Crippen molar-refractivity contribution in [3.8, 4) is 0 Å². The zero-order chi connectivity index (χ0) is 14.8. The lowest BCUT2D eigenvalue weighted by Gasteiger charge is -2.28. The number of amides is 2. The highest BCUT2D eigenvalue weighted by Crippen LogP contribution is 2.31. The van der Waals surface area contributed by atoms with Crippen LogP contribution in [0.5, 0.6) is 0 Å². The Kier molecular flexibility index (Phi) is 4.66. The third kappa shape index (κ3) is 3.33. The molecule has 1 N–H and O–H groups in total. The first kappa shape index (κ1) is 15.1. The number of rotatable bonds is 3. The van der Waals surface area contributed by atoms with Gasteiger partial charge in [-0.1, -0.05) is 6.08 Å². The van der Waals surface area contributed by atoms with E-state index in [1.807, 2.05) is 11.0 Å². The summed E-state index contributed by atoms with van der Waals surface area (Å²) in [5.41, 5.74) is 1.27. The van der Waals surface area contributed by atoms with Crippen LogP contribution < -0.4 is 5.32 Å². The molecule has 3 rings (SSSR count). The van der Waals surface area contributed by atoms with Crippen molar-refractivity contribution in [1.29, 1.82) is 0 Å². The Labute approximate surface area is 137 Å². The SMILES string of the molecule is C=C[C@@H]1OCC[C@H]1CNC(=O)N1CCc2sc(Br)cc2C1. The molecule has 21 heavy (non-hydrogen) atoms.